The van der Waals surface area contributed by atoms with E-state index in [-0.39, 0.29) is 17.6 Å². The molecule has 0 fully saturated rings. The van der Waals surface area contributed by atoms with Gasteiger partial charge < -0.3 is 10.2 Å². The zero-order valence-corrected chi connectivity index (χ0v) is 17.5. The van der Waals surface area contributed by atoms with Crippen LogP contribution in [0.4, 0.5) is 0 Å². The van der Waals surface area contributed by atoms with Crippen LogP contribution in [0.1, 0.15) is 61.8 Å². The van der Waals surface area contributed by atoms with E-state index < -0.39 is 5.60 Å². The van der Waals surface area contributed by atoms with Crippen LogP contribution in [-0.2, 0) is 6.42 Å². The first-order valence-electron chi connectivity index (χ1n) is 9.68. The van der Waals surface area contributed by atoms with E-state index in [9.17, 15) is 10.2 Å². The van der Waals surface area contributed by atoms with Crippen LogP contribution in [0.5, 0.6) is 0 Å². The maximum atomic E-state index is 10.7. The highest BCUT2D eigenvalue weighted by molar-refractivity contribution is 5.46. The average molecular weight is 367 g/mol. The summed E-state index contributed by atoms with van der Waals surface area (Å²) < 4.78 is 0. The predicted octanol–water partition coefficient (Wildman–Crippen LogP) is 6.24. The predicted molar refractivity (Wildman–Crippen MR) is 115 cm³/mol. The minimum absolute atomic E-state index is 0.0191. The molecule has 2 nitrogen and oxygen atoms in total. The minimum Gasteiger partial charge on any atom is -0.508 e. The average Bonchev–Trinajstić information content (AvgIpc) is 2.65. The first-order chi connectivity index (χ1) is 12.5. The number of fused-ring (bicyclic) bond motifs is 1. The molecule has 0 amide bonds. The van der Waals surface area contributed by atoms with Gasteiger partial charge >= 0.3 is 0 Å². The first-order valence-corrected chi connectivity index (χ1v) is 9.68. The molecule has 2 atom stereocenters. The Morgan fingerprint density at radius 3 is 2.30 bits per heavy atom. The normalized spacial score (nSPS) is 20.8. The van der Waals surface area contributed by atoms with E-state index >= 15 is 0 Å². The molecule has 0 radical (unpaired) electrons. The molecule has 2 N–H and O–H groups in total. The lowest BCUT2D eigenvalue weighted by atomic mass is 9.80. The molecule has 0 saturated carbocycles. The minimum atomic E-state index is -0.813. The topological polar surface area (TPSA) is 40.5 Å². The van der Waals surface area contributed by atoms with Crippen LogP contribution in [0.2, 0.25) is 0 Å². The van der Waals surface area contributed by atoms with Gasteiger partial charge in [-0.25, -0.2) is 0 Å². The van der Waals surface area contributed by atoms with Crippen molar-refractivity contribution in [2.24, 2.45) is 5.92 Å². The molecule has 2 unspecified atom stereocenters. The highest BCUT2D eigenvalue weighted by Gasteiger charge is 2.35. The number of hydrogen-bond acceptors (Lipinski definition) is 2. The lowest BCUT2D eigenvalue weighted by Crippen LogP contribution is -2.33. The second kappa shape index (κ2) is 7.90. The maximum absolute atomic E-state index is 10.7. The number of allylic oxidation sites excluding steroid dienone is 2. The highest BCUT2D eigenvalue weighted by Crippen LogP contribution is 2.43. The maximum Gasteiger partial charge on any atom is 0.115 e. The summed E-state index contributed by atoms with van der Waals surface area (Å²) in [5, 5.41) is 20.6. The fourth-order valence-corrected chi connectivity index (χ4v) is 4.30. The van der Waals surface area contributed by atoms with Crippen LogP contribution >= 0.6 is 0 Å². The fraction of sp³-hybridized carbons (Fsp3) is 0.440. The fourth-order valence-electron chi connectivity index (χ4n) is 4.30. The number of rotatable bonds is 5. The Hall–Kier alpha value is -2.06. The van der Waals surface area contributed by atoms with Gasteiger partial charge in [-0.05, 0) is 87.6 Å². The summed E-state index contributed by atoms with van der Waals surface area (Å²) in [6, 6.07) is 4.55. The van der Waals surface area contributed by atoms with Gasteiger partial charge in [-0.2, -0.15) is 0 Å². The summed E-state index contributed by atoms with van der Waals surface area (Å²) in [5.74, 6) is 0.302. The summed E-state index contributed by atoms with van der Waals surface area (Å²) in [7, 11) is 0. The lowest BCUT2D eigenvalue weighted by molar-refractivity contribution is 0.0318. The molecule has 0 aromatic heterocycles. The molecular formula is C25H34O2. The molecule has 0 bridgehead atoms. The number of benzene rings is 1. The van der Waals surface area contributed by atoms with Gasteiger partial charge in [0.05, 0.1) is 5.60 Å². The molecule has 0 heterocycles. The van der Waals surface area contributed by atoms with Crippen molar-refractivity contribution in [3.05, 3.63) is 82.7 Å². The van der Waals surface area contributed by atoms with Crippen molar-refractivity contribution < 1.29 is 10.2 Å². The summed E-state index contributed by atoms with van der Waals surface area (Å²) >= 11 is 0. The van der Waals surface area contributed by atoms with Crippen LogP contribution in [0.25, 0.3) is 0 Å². The van der Waals surface area contributed by atoms with Gasteiger partial charge in [-0.3, -0.25) is 0 Å². The Kier molecular flexibility index (Phi) is 6.21. The molecule has 1 aromatic rings. The van der Waals surface area contributed by atoms with E-state index in [0.717, 1.165) is 30.4 Å². The lowest BCUT2D eigenvalue weighted by Gasteiger charge is -2.30. The summed E-state index contributed by atoms with van der Waals surface area (Å²) in [6.45, 7) is 22.1. The Morgan fingerprint density at radius 1 is 1.19 bits per heavy atom. The quantitative estimate of drug-likeness (QED) is 0.280. The number of aliphatic hydroxyl groups excluding tert-OH is 1. The van der Waals surface area contributed by atoms with Gasteiger partial charge in [-0.15, -0.1) is 0 Å². The molecule has 1 aromatic carbocycles. The van der Waals surface area contributed by atoms with Crippen LogP contribution in [-0.4, -0.2) is 15.8 Å². The van der Waals surface area contributed by atoms with Crippen molar-refractivity contribution in [1.29, 1.82) is 0 Å². The van der Waals surface area contributed by atoms with E-state index in [4.69, 9.17) is 0 Å². The van der Waals surface area contributed by atoms with Crippen molar-refractivity contribution >= 4 is 0 Å². The van der Waals surface area contributed by atoms with Crippen LogP contribution in [0.3, 0.4) is 0 Å². The zero-order chi connectivity index (χ0) is 20.5. The number of aryl methyl sites for hydroxylation is 2. The Balaban J connectivity index is 2.50. The molecule has 2 heteroatoms. The van der Waals surface area contributed by atoms with E-state index in [1.165, 1.54) is 22.3 Å². The SMILES string of the molecule is C=C(O)/C(=C/C)C(=C)CC1CC(=C)C(C(C)(C)O)Cc2cc(C)c(C)cc21. The molecule has 2 rings (SSSR count). The van der Waals surface area contributed by atoms with Crippen molar-refractivity contribution in [3.63, 3.8) is 0 Å². The Bertz CT molecular complexity index is 802. The molecule has 27 heavy (non-hydrogen) atoms. The molecule has 0 aliphatic heterocycles. The number of hydrogen-bond donors (Lipinski definition) is 2. The van der Waals surface area contributed by atoms with Crippen LogP contribution < -0.4 is 0 Å². The molecule has 0 spiro atoms. The Labute approximate surface area is 164 Å². The van der Waals surface area contributed by atoms with Gasteiger partial charge in [0.2, 0.25) is 0 Å². The van der Waals surface area contributed by atoms with Gasteiger partial charge in [0.15, 0.2) is 0 Å². The van der Waals surface area contributed by atoms with Gasteiger partial charge in [0, 0.05) is 11.5 Å². The summed E-state index contributed by atoms with van der Waals surface area (Å²) in [5.41, 5.74) is 7.01. The third-order valence-corrected chi connectivity index (χ3v) is 5.95. The second-order valence-electron chi connectivity index (χ2n) is 8.56. The summed E-state index contributed by atoms with van der Waals surface area (Å²) in [6.07, 6.45) is 4.19. The smallest absolute Gasteiger partial charge is 0.115 e. The molecular weight excluding hydrogens is 332 g/mol. The van der Waals surface area contributed by atoms with Crippen molar-refractivity contribution in [1.82, 2.24) is 0 Å². The van der Waals surface area contributed by atoms with Crippen LogP contribution in [0, 0.1) is 19.8 Å². The largest absolute Gasteiger partial charge is 0.508 e. The molecule has 1 aliphatic carbocycles. The van der Waals surface area contributed by atoms with Crippen molar-refractivity contribution in [3.8, 4) is 0 Å². The molecule has 146 valence electrons. The monoisotopic (exact) mass is 366 g/mol. The second-order valence-corrected chi connectivity index (χ2v) is 8.56. The van der Waals surface area contributed by atoms with Gasteiger partial charge in [0.25, 0.3) is 0 Å². The van der Waals surface area contributed by atoms with Gasteiger partial charge in [-0.1, -0.05) is 43.5 Å². The third kappa shape index (κ3) is 4.62. The van der Waals surface area contributed by atoms with Gasteiger partial charge in [0.1, 0.15) is 5.76 Å². The van der Waals surface area contributed by atoms with E-state index in [0.29, 0.717) is 5.57 Å². The van der Waals surface area contributed by atoms with Crippen molar-refractivity contribution in [2.45, 2.75) is 65.4 Å². The molecule has 0 saturated heterocycles. The Morgan fingerprint density at radius 2 is 1.78 bits per heavy atom. The third-order valence-electron chi connectivity index (χ3n) is 5.95. The highest BCUT2D eigenvalue weighted by atomic mass is 16.3. The van der Waals surface area contributed by atoms with Crippen molar-refractivity contribution in [2.75, 3.05) is 0 Å². The molecule has 1 aliphatic rings. The van der Waals surface area contributed by atoms with E-state index in [2.05, 4.69) is 45.7 Å². The first kappa shape index (κ1) is 21.2. The number of aliphatic hydroxyl groups is 2. The summed E-state index contributed by atoms with van der Waals surface area (Å²) in [4.78, 5) is 0. The van der Waals surface area contributed by atoms with E-state index in [1.807, 2.05) is 26.8 Å². The zero-order valence-electron chi connectivity index (χ0n) is 17.5. The van der Waals surface area contributed by atoms with Crippen LogP contribution in [0.15, 0.2) is 60.4 Å². The standard InChI is InChI=1S/C25H34O2/c1-9-22(19(6)26)17(4)11-20-12-18(5)24(25(7,8)27)14-21-10-15(2)16(3)13-23(20)21/h9-10,13,20,24,26-27H,4-6,11-12,14H2,1-3,7-8H3/b22-9+. The van der Waals surface area contributed by atoms with E-state index in [1.54, 1.807) is 0 Å².